The summed E-state index contributed by atoms with van der Waals surface area (Å²) in [4.78, 5) is 114. The first-order chi connectivity index (χ1) is 32.9. The number of amides is 7. The lowest BCUT2D eigenvalue weighted by molar-refractivity contribution is -0.136. The summed E-state index contributed by atoms with van der Waals surface area (Å²) in [7, 11) is 0. The van der Waals surface area contributed by atoms with Crippen molar-refractivity contribution in [3.05, 3.63) is 90.3 Å². The molecule has 7 atom stereocenters. The van der Waals surface area contributed by atoms with E-state index in [2.05, 4.69) is 56.8 Å². The van der Waals surface area contributed by atoms with Crippen molar-refractivity contribution in [1.82, 2.24) is 51.8 Å². The lowest BCUT2D eigenvalue weighted by Gasteiger charge is -2.29. The summed E-state index contributed by atoms with van der Waals surface area (Å²) < 4.78 is 0. The molecule has 7 amide bonds. The number of carbonyl (C=O) groups is 7. The number of nitrogens with two attached hydrogens (primary N) is 3. The predicted molar refractivity (Wildman–Crippen MR) is 262 cm³/mol. The van der Waals surface area contributed by atoms with Gasteiger partial charge in [-0.05, 0) is 54.4 Å². The molecule has 0 aliphatic rings. The van der Waals surface area contributed by atoms with Crippen LogP contribution in [0, 0.1) is 11.8 Å². The highest BCUT2D eigenvalue weighted by atomic mass is 16.2. The molecule has 3 aromatic heterocycles. The Kier molecular flexibility index (Phi) is 18.8. The lowest BCUT2D eigenvalue weighted by Crippen LogP contribution is -2.61. The van der Waals surface area contributed by atoms with E-state index in [1.165, 1.54) is 19.4 Å². The van der Waals surface area contributed by atoms with Crippen LogP contribution in [0.3, 0.4) is 0 Å². The maximum absolute atomic E-state index is 14.5. The van der Waals surface area contributed by atoms with Crippen LogP contribution in [0.5, 0.6) is 0 Å². The molecular weight excluding hydrogens is 885 g/mol. The molecule has 21 heteroatoms. The first-order valence-corrected chi connectivity index (χ1v) is 23.1. The highest BCUT2D eigenvalue weighted by Gasteiger charge is 2.35. The second-order valence-corrected chi connectivity index (χ2v) is 17.8. The highest BCUT2D eigenvalue weighted by molar-refractivity contribution is 5.98. The molecule has 0 fully saturated rings. The van der Waals surface area contributed by atoms with Crippen molar-refractivity contribution in [3.63, 3.8) is 0 Å². The molecule has 0 bridgehead atoms. The van der Waals surface area contributed by atoms with Gasteiger partial charge in [0.2, 0.25) is 41.4 Å². The molecule has 21 nitrogen and oxygen atoms in total. The summed E-state index contributed by atoms with van der Waals surface area (Å²) in [6.45, 7) is 8.79. The highest BCUT2D eigenvalue weighted by Crippen LogP contribution is 2.21. The number of imidazole rings is 1. The van der Waals surface area contributed by atoms with Gasteiger partial charge >= 0.3 is 0 Å². The van der Waals surface area contributed by atoms with E-state index in [9.17, 15) is 33.6 Å². The first kappa shape index (κ1) is 52.3. The Morgan fingerprint density at radius 3 is 1.70 bits per heavy atom. The van der Waals surface area contributed by atoms with E-state index >= 15 is 0 Å². The summed E-state index contributed by atoms with van der Waals surface area (Å²) in [6, 6.07) is 7.83. The second-order valence-electron chi connectivity index (χ2n) is 17.8. The maximum Gasteiger partial charge on any atom is 0.243 e. The number of aromatic nitrogens is 4. The van der Waals surface area contributed by atoms with Gasteiger partial charge in [-0.15, -0.1) is 0 Å². The number of primary amides is 1. The Bertz CT molecular complexity index is 2580. The molecule has 69 heavy (non-hydrogen) atoms. The molecule has 0 radical (unpaired) electrons. The molecule has 0 aliphatic carbocycles. The van der Waals surface area contributed by atoms with Gasteiger partial charge in [0.15, 0.2) is 5.96 Å². The number of guanidine groups is 1. The Hall–Kier alpha value is -7.71. The van der Waals surface area contributed by atoms with E-state index in [-0.39, 0.29) is 50.5 Å². The lowest BCUT2D eigenvalue weighted by atomic mass is 9.96. The van der Waals surface area contributed by atoms with Gasteiger partial charge in [0.05, 0.1) is 6.33 Å². The second kappa shape index (κ2) is 24.9. The summed E-state index contributed by atoms with van der Waals surface area (Å²) in [5.41, 5.74) is 20.6. The van der Waals surface area contributed by atoms with Crippen LogP contribution in [0.1, 0.15) is 77.1 Å². The predicted octanol–water partition coefficient (Wildman–Crippen LogP) is 0.960. The van der Waals surface area contributed by atoms with Crippen LogP contribution in [0.4, 0.5) is 0 Å². The minimum Gasteiger partial charge on any atom is -0.370 e. The number of hydrogen-bond donors (Lipinski definition) is 12. The van der Waals surface area contributed by atoms with Crippen LogP contribution in [0.25, 0.3) is 21.8 Å². The minimum absolute atomic E-state index is 0.00840. The van der Waals surface area contributed by atoms with Crippen LogP contribution >= 0.6 is 0 Å². The molecule has 2 aromatic carbocycles. The molecule has 370 valence electrons. The third-order valence-corrected chi connectivity index (χ3v) is 11.9. The number of fused-ring (bicyclic) bond motifs is 2. The number of para-hydroxylation sites is 2. The third-order valence-electron chi connectivity index (χ3n) is 11.9. The normalized spacial score (nSPS) is 14.3. The van der Waals surface area contributed by atoms with Crippen LogP contribution in [0.2, 0.25) is 0 Å². The number of benzene rings is 2. The topological polar surface area (TPSA) is 342 Å². The van der Waals surface area contributed by atoms with Gasteiger partial charge in [-0.1, -0.05) is 70.5 Å². The van der Waals surface area contributed by atoms with Gasteiger partial charge < -0.3 is 64.1 Å². The van der Waals surface area contributed by atoms with Crippen molar-refractivity contribution in [2.75, 3.05) is 6.54 Å². The summed E-state index contributed by atoms with van der Waals surface area (Å²) in [5.74, 6) is -5.31. The molecule has 0 saturated carbocycles. The van der Waals surface area contributed by atoms with Gasteiger partial charge in [0, 0.05) is 78.8 Å². The van der Waals surface area contributed by atoms with Gasteiger partial charge in [-0.25, -0.2) is 4.98 Å². The minimum atomic E-state index is -1.28. The number of nitrogens with one attached hydrogen (secondary N) is 9. The van der Waals surface area contributed by atoms with Gasteiger partial charge in [0.1, 0.15) is 36.3 Å². The van der Waals surface area contributed by atoms with Crippen LogP contribution in [-0.2, 0) is 52.8 Å². The number of hydrogen-bond acceptors (Lipinski definition) is 9. The molecule has 5 aromatic rings. The molecule has 0 saturated heterocycles. The molecule has 5 rings (SSSR count). The summed E-state index contributed by atoms with van der Waals surface area (Å²) >= 11 is 0. The van der Waals surface area contributed by atoms with Crippen LogP contribution < -0.4 is 49.1 Å². The van der Waals surface area contributed by atoms with Gasteiger partial charge in [0.25, 0.3) is 0 Å². The van der Waals surface area contributed by atoms with E-state index in [1.54, 1.807) is 19.3 Å². The molecule has 0 spiro atoms. The van der Waals surface area contributed by atoms with E-state index in [1.807, 2.05) is 69.3 Å². The zero-order valence-corrected chi connectivity index (χ0v) is 39.7. The van der Waals surface area contributed by atoms with E-state index in [0.29, 0.717) is 24.1 Å². The number of rotatable bonds is 26. The molecule has 15 N–H and O–H groups in total. The van der Waals surface area contributed by atoms with Crippen molar-refractivity contribution >= 4 is 69.1 Å². The Labute approximate surface area is 400 Å². The largest absolute Gasteiger partial charge is 0.370 e. The first-order valence-electron chi connectivity index (χ1n) is 23.1. The molecule has 0 unspecified atom stereocenters. The fraction of sp³-hybridized carbons (Fsp3) is 0.438. The van der Waals surface area contributed by atoms with Gasteiger partial charge in [-0.2, -0.15) is 0 Å². The van der Waals surface area contributed by atoms with Gasteiger partial charge in [-0.3, -0.25) is 38.6 Å². The van der Waals surface area contributed by atoms with E-state index in [4.69, 9.17) is 17.2 Å². The quantitative estimate of drug-likeness (QED) is 0.0212. The standard InChI is InChI=1S/C48H66N14O7/c1-6-27(4)41(47(69)61-40(21-31-24-52-25-56-31)46(68)59-37(42(49)64)19-29-22-54-34-14-9-7-12-32(29)34)62-43(65)36(16-11-17-53-48(50)51)58-45(67)39(20-30-23-55-35-15-10-8-13-33(30)35)60-44(66)38(18-26(2)3)57-28(5)63/h7-10,12-15,22-27,36-41,54-55H,6,11,16-21H2,1-5H3,(H2,49,64)(H,52,56)(H,57,63)(H,58,67)(H,59,68)(H,60,66)(H,61,69)(H,62,65)(H4,50,51,53)/t27-,36+,37+,38+,39+,40+,41+/m0/s1. The number of H-pyrrole nitrogens is 3. The van der Waals surface area contributed by atoms with Crippen LogP contribution in [-0.4, -0.2) is 110 Å². The molecule has 0 aliphatic heterocycles. The number of carbonyl (C=O) groups excluding carboxylic acids is 7. The zero-order chi connectivity index (χ0) is 50.2. The average Bonchev–Trinajstić information content (AvgIpc) is 4.08. The van der Waals surface area contributed by atoms with Crippen molar-refractivity contribution in [1.29, 1.82) is 0 Å². The number of aromatic amines is 3. The fourth-order valence-corrected chi connectivity index (χ4v) is 8.05. The number of aliphatic imine (C=N–C) groups is 1. The SMILES string of the molecule is CC[C@H](C)[C@@H](NC(=O)[C@@H](CCCN=C(N)N)NC(=O)[C@@H](Cc1c[nH]c2ccccc12)NC(=O)[C@@H](CC(C)C)NC(C)=O)C(=O)N[C@H](Cc1cnc[nH]1)C(=O)N[C@H](Cc1c[nH]c2ccccc12)C(N)=O. The van der Waals surface area contributed by atoms with Crippen molar-refractivity contribution < 1.29 is 33.6 Å². The summed E-state index contributed by atoms with van der Waals surface area (Å²) in [6.07, 6.45) is 7.34. The Morgan fingerprint density at radius 2 is 1.16 bits per heavy atom. The third kappa shape index (κ3) is 15.1. The van der Waals surface area contributed by atoms with Crippen molar-refractivity contribution in [2.45, 2.75) is 116 Å². The fourth-order valence-electron chi connectivity index (χ4n) is 8.05. The Balaban J connectivity index is 1.40. The van der Waals surface area contributed by atoms with E-state index < -0.39 is 83.5 Å². The van der Waals surface area contributed by atoms with Crippen molar-refractivity contribution in [3.8, 4) is 0 Å². The smallest absolute Gasteiger partial charge is 0.243 e. The monoisotopic (exact) mass is 951 g/mol. The van der Waals surface area contributed by atoms with Crippen molar-refractivity contribution in [2.24, 2.45) is 34.0 Å². The molecule has 3 heterocycles. The zero-order valence-electron chi connectivity index (χ0n) is 39.7. The molecular formula is C48H66N14O7. The summed E-state index contributed by atoms with van der Waals surface area (Å²) in [5, 5.41) is 18.3. The van der Waals surface area contributed by atoms with E-state index in [0.717, 1.165) is 27.4 Å². The van der Waals surface area contributed by atoms with Crippen LogP contribution in [0.15, 0.2) is 78.4 Å². The maximum atomic E-state index is 14.5. The Morgan fingerprint density at radius 1 is 0.638 bits per heavy atom. The number of nitrogens with zero attached hydrogens (tertiary/aromatic N) is 2. The average molecular weight is 951 g/mol.